The molecular weight excluding hydrogens is 442 g/mol. The van der Waals surface area contributed by atoms with E-state index in [4.69, 9.17) is 11.6 Å². The molecule has 0 N–H and O–H groups in total. The quantitative estimate of drug-likeness (QED) is 0.404. The van der Waals surface area contributed by atoms with Crippen molar-refractivity contribution in [1.29, 1.82) is 0 Å². The molecule has 0 spiro atoms. The van der Waals surface area contributed by atoms with Gasteiger partial charge in [0.2, 0.25) is 5.91 Å². The number of aromatic nitrogens is 4. The maximum Gasteiger partial charge on any atom is 0.233 e. The average Bonchev–Trinajstić information content (AvgIpc) is 3.27. The first kappa shape index (κ1) is 20.7. The molecule has 0 atom stereocenters. The Bertz CT molecular complexity index is 1240. The Morgan fingerprint density at radius 2 is 1.72 bits per heavy atom. The second kappa shape index (κ2) is 9.14. The van der Waals surface area contributed by atoms with Crippen LogP contribution in [0, 0.1) is 0 Å². The minimum absolute atomic E-state index is 0.0978. The zero-order chi connectivity index (χ0) is 21.9. The number of pyridine rings is 1. The lowest BCUT2D eigenvalue weighted by Gasteiger charge is -2.28. The second-order valence-corrected chi connectivity index (χ2v) is 8.86. The molecule has 160 valence electrons. The molecule has 4 aromatic rings. The van der Waals surface area contributed by atoms with Gasteiger partial charge < -0.3 is 4.90 Å². The summed E-state index contributed by atoms with van der Waals surface area (Å²) >= 11 is 7.48. The van der Waals surface area contributed by atoms with Crippen LogP contribution in [0.2, 0.25) is 5.02 Å². The third-order valence-electron chi connectivity index (χ3n) is 5.46. The van der Waals surface area contributed by atoms with Gasteiger partial charge in [-0.3, -0.25) is 14.3 Å². The molecule has 5 rings (SSSR count). The number of hydrogen-bond acceptors (Lipinski definition) is 5. The summed E-state index contributed by atoms with van der Waals surface area (Å²) in [5, 5.41) is 10.1. The SMILES string of the molecule is O=C(CSc1nnc(-c2ccncc2)n1-c1ccc(Cl)cc1)N1CCc2ccccc2C1. The summed E-state index contributed by atoms with van der Waals surface area (Å²) in [5.74, 6) is 1.08. The second-order valence-electron chi connectivity index (χ2n) is 7.48. The molecule has 0 unspecified atom stereocenters. The Labute approximate surface area is 195 Å². The lowest BCUT2D eigenvalue weighted by atomic mass is 10.00. The normalized spacial score (nSPS) is 13.1. The number of carbonyl (C=O) groups excluding carboxylic acids is 1. The van der Waals surface area contributed by atoms with E-state index in [0.717, 1.165) is 24.2 Å². The summed E-state index contributed by atoms with van der Waals surface area (Å²) in [7, 11) is 0. The van der Waals surface area contributed by atoms with Crippen molar-refractivity contribution in [3.05, 3.63) is 89.2 Å². The summed E-state index contributed by atoms with van der Waals surface area (Å²) in [5.41, 5.74) is 4.33. The molecule has 0 saturated carbocycles. The zero-order valence-corrected chi connectivity index (χ0v) is 18.8. The van der Waals surface area contributed by atoms with Gasteiger partial charge in [-0.25, -0.2) is 0 Å². The summed E-state index contributed by atoms with van der Waals surface area (Å²) in [6, 6.07) is 19.6. The lowest BCUT2D eigenvalue weighted by molar-refractivity contribution is -0.129. The molecule has 1 aliphatic heterocycles. The van der Waals surface area contributed by atoms with Crippen LogP contribution in [0.1, 0.15) is 11.1 Å². The van der Waals surface area contributed by atoms with Crippen molar-refractivity contribution in [1.82, 2.24) is 24.6 Å². The number of nitrogens with zero attached hydrogens (tertiary/aromatic N) is 5. The number of amides is 1. The summed E-state index contributed by atoms with van der Waals surface area (Å²) in [4.78, 5) is 19.0. The van der Waals surface area contributed by atoms with E-state index in [1.807, 2.05) is 51.9 Å². The highest BCUT2D eigenvalue weighted by molar-refractivity contribution is 7.99. The number of hydrogen-bond donors (Lipinski definition) is 0. The number of carbonyl (C=O) groups is 1. The van der Waals surface area contributed by atoms with Crippen LogP contribution in [-0.4, -0.2) is 42.9 Å². The number of halogens is 1. The van der Waals surface area contributed by atoms with Gasteiger partial charge in [0.1, 0.15) is 0 Å². The molecule has 1 amide bonds. The van der Waals surface area contributed by atoms with E-state index in [0.29, 0.717) is 28.3 Å². The Balaban J connectivity index is 1.38. The molecule has 0 bridgehead atoms. The average molecular weight is 462 g/mol. The van der Waals surface area contributed by atoms with E-state index in [2.05, 4.69) is 33.4 Å². The largest absolute Gasteiger partial charge is 0.337 e. The molecule has 0 radical (unpaired) electrons. The Kier molecular flexibility index (Phi) is 5.92. The predicted octanol–water partition coefficient (Wildman–Crippen LogP) is 4.66. The highest BCUT2D eigenvalue weighted by Crippen LogP contribution is 2.29. The van der Waals surface area contributed by atoms with Crippen molar-refractivity contribution in [2.24, 2.45) is 0 Å². The van der Waals surface area contributed by atoms with Crippen molar-refractivity contribution in [3.8, 4) is 17.1 Å². The minimum atomic E-state index is 0.0978. The van der Waals surface area contributed by atoms with Crippen LogP contribution in [0.3, 0.4) is 0 Å². The van der Waals surface area contributed by atoms with Crippen LogP contribution in [0.5, 0.6) is 0 Å². The van der Waals surface area contributed by atoms with E-state index in [-0.39, 0.29) is 5.91 Å². The van der Waals surface area contributed by atoms with Gasteiger partial charge in [-0.15, -0.1) is 10.2 Å². The summed E-state index contributed by atoms with van der Waals surface area (Å²) in [6.07, 6.45) is 4.33. The lowest BCUT2D eigenvalue weighted by Crippen LogP contribution is -2.37. The third kappa shape index (κ3) is 4.26. The monoisotopic (exact) mass is 461 g/mol. The van der Waals surface area contributed by atoms with Gasteiger partial charge in [0.15, 0.2) is 11.0 Å². The summed E-state index contributed by atoms with van der Waals surface area (Å²) < 4.78 is 1.95. The van der Waals surface area contributed by atoms with Crippen molar-refractivity contribution >= 4 is 29.3 Å². The van der Waals surface area contributed by atoms with E-state index in [1.165, 1.54) is 22.9 Å². The number of benzene rings is 2. The molecule has 32 heavy (non-hydrogen) atoms. The fourth-order valence-corrected chi connectivity index (χ4v) is 4.78. The number of thioether (sulfide) groups is 1. The fraction of sp³-hybridized carbons (Fsp3) is 0.167. The Morgan fingerprint density at radius 3 is 2.50 bits per heavy atom. The van der Waals surface area contributed by atoms with Gasteiger partial charge in [-0.2, -0.15) is 0 Å². The van der Waals surface area contributed by atoms with E-state index in [9.17, 15) is 4.79 Å². The minimum Gasteiger partial charge on any atom is -0.337 e. The maximum absolute atomic E-state index is 13.0. The fourth-order valence-electron chi connectivity index (χ4n) is 3.80. The molecule has 0 fully saturated rings. The smallest absolute Gasteiger partial charge is 0.233 e. The molecule has 6 nitrogen and oxygen atoms in total. The first-order chi connectivity index (χ1) is 15.7. The highest BCUT2D eigenvalue weighted by Gasteiger charge is 2.22. The van der Waals surface area contributed by atoms with Crippen LogP contribution >= 0.6 is 23.4 Å². The van der Waals surface area contributed by atoms with Crippen molar-refractivity contribution in [3.63, 3.8) is 0 Å². The van der Waals surface area contributed by atoms with Crippen molar-refractivity contribution in [2.45, 2.75) is 18.1 Å². The Morgan fingerprint density at radius 1 is 0.969 bits per heavy atom. The van der Waals surface area contributed by atoms with Crippen LogP contribution in [-0.2, 0) is 17.8 Å². The molecule has 0 saturated heterocycles. The first-order valence-corrected chi connectivity index (χ1v) is 11.6. The van der Waals surface area contributed by atoms with Crippen molar-refractivity contribution < 1.29 is 4.79 Å². The zero-order valence-electron chi connectivity index (χ0n) is 17.2. The number of fused-ring (bicyclic) bond motifs is 1. The van der Waals surface area contributed by atoms with Crippen LogP contribution in [0.15, 0.2) is 78.2 Å². The van der Waals surface area contributed by atoms with Gasteiger partial charge in [-0.1, -0.05) is 47.6 Å². The van der Waals surface area contributed by atoms with Gasteiger partial charge in [0.25, 0.3) is 0 Å². The third-order valence-corrected chi connectivity index (χ3v) is 6.63. The topological polar surface area (TPSA) is 63.9 Å². The first-order valence-electron chi connectivity index (χ1n) is 10.3. The van der Waals surface area contributed by atoms with Crippen LogP contribution in [0.25, 0.3) is 17.1 Å². The molecule has 2 aromatic heterocycles. The molecule has 8 heteroatoms. The van der Waals surface area contributed by atoms with Gasteiger partial charge in [0, 0.05) is 41.8 Å². The van der Waals surface area contributed by atoms with Crippen LogP contribution < -0.4 is 0 Å². The van der Waals surface area contributed by atoms with E-state index < -0.39 is 0 Å². The van der Waals surface area contributed by atoms with E-state index >= 15 is 0 Å². The molecular formula is C24H20ClN5OS. The highest BCUT2D eigenvalue weighted by atomic mass is 35.5. The molecule has 1 aliphatic rings. The molecule has 2 aromatic carbocycles. The maximum atomic E-state index is 13.0. The van der Waals surface area contributed by atoms with Gasteiger partial charge >= 0.3 is 0 Å². The Hall–Kier alpha value is -3.16. The van der Waals surface area contributed by atoms with Crippen LogP contribution in [0.4, 0.5) is 0 Å². The molecule has 3 heterocycles. The van der Waals surface area contributed by atoms with Gasteiger partial charge in [-0.05, 0) is 53.9 Å². The predicted molar refractivity (Wildman–Crippen MR) is 126 cm³/mol. The standard InChI is InChI=1S/C24H20ClN5OS/c25-20-5-7-21(8-6-20)30-23(18-9-12-26-13-10-18)27-28-24(30)32-16-22(31)29-14-11-17-3-1-2-4-19(17)15-29/h1-10,12-13H,11,14-16H2. The van der Waals surface area contributed by atoms with E-state index in [1.54, 1.807) is 12.4 Å². The number of rotatable bonds is 5. The summed E-state index contributed by atoms with van der Waals surface area (Å²) in [6.45, 7) is 1.39. The van der Waals surface area contributed by atoms with Crippen molar-refractivity contribution in [2.75, 3.05) is 12.3 Å². The van der Waals surface area contributed by atoms with Gasteiger partial charge in [0.05, 0.1) is 5.75 Å². The molecule has 0 aliphatic carbocycles.